The summed E-state index contributed by atoms with van der Waals surface area (Å²) in [5.41, 5.74) is 8.78. The Morgan fingerprint density at radius 3 is 1.30 bits per heavy atom. The van der Waals surface area contributed by atoms with Crippen LogP contribution < -0.4 is 15.1 Å². The third-order valence-electron chi connectivity index (χ3n) is 8.16. The van der Waals surface area contributed by atoms with Gasteiger partial charge in [-0.05, 0) is 0 Å². The van der Waals surface area contributed by atoms with Gasteiger partial charge >= 0.3 is 281 Å². The van der Waals surface area contributed by atoms with Gasteiger partial charge in [-0.15, -0.1) is 0 Å². The number of nitrogens with zero attached hydrogens (tertiary/aromatic N) is 2. The molecule has 0 aliphatic carbocycles. The van der Waals surface area contributed by atoms with Crippen molar-refractivity contribution in [3.8, 4) is 0 Å². The molecule has 1 heterocycles. The Labute approximate surface area is 279 Å². The molecule has 8 aromatic rings. The predicted molar refractivity (Wildman–Crippen MR) is 197 cm³/mol. The van der Waals surface area contributed by atoms with Crippen LogP contribution in [0.1, 0.15) is 0 Å². The average molecular weight is 705 g/mol. The molecule has 0 aliphatic rings. The first-order chi connectivity index (χ1) is 22.8. The minimum atomic E-state index is -0.508. The molecule has 7 aromatic carbocycles. The second-order valence-corrected chi connectivity index (χ2v) is 14.2. The Morgan fingerprint density at radius 1 is 0.370 bits per heavy atom. The summed E-state index contributed by atoms with van der Waals surface area (Å²) in [5, 5.41) is 6.67. The van der Waals surface area contributed by atoms with Crippen molar-refractivity contribution in [2.75, 3.05) is 15.1 Å². The first kappa shape index (κ1) is 28.2. The molecule has 0 radical (unpaired) electrons. The summed E-state index contributed by atoms with van der Waals surface area (Å²) in [6.07, 6.45) is 0. The summed E-state index contributed by atoms with van der Waals surface area (Å²) in [7, 11) is 0. The first-order valence-corrected chi connectivity index (χ1v) is 17.8. The second-order valence-electron chi connectivity index (χ2n) is 11.2. The van der Waals surface area contributed by atoms with Gasteiger partial charge in [0.2, 0.25) is 0 Å². The normalized spacial score (nSPS) is 11.0. The van der Waals surface area contributed by atoms with Crippen LogP contribution in [0.3, 0.4) is 0 Å². The predicted octanol–water partition coefficient (Wildman–Crippen LogP) is 11.7. The molecule has 1 aromatic heterocycles. The second kappa shape index (κ2) is 12.6. The molecular formula is C42H31N3Te. The van der Waals surface area contributed by atoms with Gasteiger partial charge in [0.25, 0.3) is 0 Å². The maximum atomic E-state index is 3.91. The van der Waals surface area contributed by atoms with E-state index in [1.807, 2.05) is 0 Å². The van der Waals surface area contributed by atoms with E-state index in [9.17, 15) is 0 Å². The molecule has 0 saturated heterocycles. The van der Waals surface area contributed by atoms with E-state index in [1.54, 1.807) is 0 Å². The number of rotatable bonds is 8. The van der Waals surface area contributed by atoms with E-state index in [1.165, 1.54) is 23.3 Å². The van der Waals surface area contributed by atoms with Crippen molar-refractivity contribution in [3.05, 3.63) is 182 Å². The fourth-order valence-corrected chi connectivity index (χ4v) is 9.47. The quantitative estimate of drug-likeness (QED) is 0.159. The molecule has 0 spiro atoms. The van der Waals surface area contributed by atoms with Crippen molar-refractivity contribution < 1.29 is 0 Å². The van der Waals surface area contributed by atoms with Crippen LogP contribution >= 0.6 is 0 Å². The number of para-hydroxylation sites is 4. The molecule has 0 unspecified atom stereocenters. The van der Waals surface area contributed by atoms with Gasteiger partial charge in [0.15, 0.2) is 0 Å². The van der Waals surface area contributed by atoms with Crippen LogP contribution in [0.2, 0.25) is 0 Å². The molecule has 220 valence electrons. The summed E-state index contributed by atoms with van der Waals surface area (Å²) in [6.45, 7) is 0. The van der Waals surface area contributed by atoms with E-state index < -0.39 is 20.4 Å². The molecule has 0 saturated carbocycles. The zero-order valence-corrected chi connectivity index (χ0v) is 27.5. The number of nitrogens with one attached hydrogen (secondary N) is 1. The number of benzene rings is 7. The Morgan fingerprint density at radius 2 is 0.804 bits per heavy atom. The molecular weight excluding hydrogens is 674 g/mol. The Hall–Kier alpha value is -5.27. The third kappa shape index (κ3) is 5.54. The Bertz CT molecular complexity index is 2050. The van der Waals surface area contributed by atoms with E-state index in [4.69, 9.17) is 0 Å². The fraction of sp³-hybridized carbons (Fsp3) is 0. The summed E-state index contributed by atoms with van der Waals surface area (Å²) < 4.78 is 2.97. The van der Waals surface area contributed by atoms with Crippen LogP contribution in [0, 0.1) is 0 Å². The summed E-state index contributed by atoms with van der Waals surface area (Å²) in [4.78, 5) is 4.67. The van der Waals surface area contributed by atoms with Crippen LogP contribution in [0.25, 0.3) is 17.6 Å². The molecule has 1 N–H and O–H groups in total. The van der Waals surface area contributed by atoms with Gasteiger partial charge in [0, 0.05) is 0 Å². The van der Waals surface area contributed by atoms with E-state index in [-0.39, 0.29) is 0 Å². The van der Waals surface area contributed by atoms with Crippen molar-refractivity contribution in [1.82, 2.24) is 0 Å². The molecule has 3 nitrogen and oxygen atoms in total. The van der Waals surface area contributed by atoms with Crippen LogP contribution in [-0.2, 0) is 0 Å². The fourth-order valence-electron chi connectivity index (χ4n) is 6.13. The number of fused-ring (bicyclic) bond motifs is 3. The molecule has 0 atom stereocenters. The number of hydrogen-bond acceptors (Lipinski definition) is 3. The van der Waals surface area contributed by atoms with Gasteiger partial charge in [-0.1, -0.05) is 0 Å². The minimum absolute atomic E-state index is 0.508. The topological polar surface area (TPSA) is 18.5 Å². The van der Waals surface area contributed by atoms with Crippen molar-refractivity contribution in [1.29, 1.82) is 0 Å². The van der Waals surface area contributed by atoms with Gasteiger partial charge in [-0.25, -0.2) is 0 Å². The molecule has 46 heavy (non-hydrogen) atoms. The zero-order chi connectivity index (χ0) is 30.7. The third-order valence-corrected chi connectivity index (χ3v) is 11.6. The molecule has 8 rings (SSSR count). The van der Waals surface area contributed by atoms with E-state index in [2.05, 4.69) is 197 Å². The van der Waals surface area contributed by atoms with Gasteiger partial charge in [-0.2, -0.15) is 0 Å². The van der Waals surface area contributed by atoms with Crippen molar-refractivity contribution >= 4 is 83.5 Å². The Kier molecular flexibility index (Phi) is 7.74. The summed E-state index contributed by atoms with van der Waals surface area (Å²) in [5.74, 6) is 0. The standard InChI is InChI=1S/C42H31N3Te/c1-5-16-32(17-6-1)44(33-18-7-2-8-19-33)36-28-31(43-40-26-15-25-39-38-24-13-14-27-41(38)46-42(39)40)29-37(30-36)45(34-20-9-3-10-21-34)35-22-11-4-12-23-35/h1-30,43H. The van der Waals surface area contributed by atoms with Crippen molar-refractivity contribution in [3.63, 3.8) is 0 Å². The number of anilines is 8. The van der Waals surface area contributed by atoms with Gasteiger partial charge in [0.05, 0.1) is 0 Å². The zero-order valence-electron chi connectivity index (χ0n) is 25.1. The van der Waals surface area contributed by atoms with Crippen LogP contribution in [0.5, 0.6) is 0 Å². The van der Waals surface area contributed by atoms with Gasteiger partial charge in [0.1, 0.15) is 0 Å². The molecule has 0 fully saturated rings. The van der Waals surface area contributed by atoms with Crippen LogP contribution in [0.4, 0.5) is 45.5 Å². The SMILES string of the molecule is c1ccc(N(c2ccccc2)c2cc(Nc3cccc4c3[te]c3ccccc34)cc(N(c3ccccc3)c3ccccc3)c2)cc1. The average Bonchev–Trinajstić information content (AvgIpc) is 3.50. The van der Waals surface area contributed by atoms with Gasteiger partial charge < -0.3 is 0 Å². The maximum absolute atomic E-state index is 3.91. The van der Waals surface area contributed by atoms with Crippen LogP contribution in [-0.4, -0.2) is 20.4 Å². The molecule has 0 bridgehead atoms. The van der Waals surface area contributed by atoms with Crippen LogP contribution in [0.15, 0.2) is 182 Å². The summed E-state index contributed by atoms with van der Waals surface area (Å²) in [6, 6.07) is 64.9. The molecule has 4 heteroatoms. The Balaban J connectivity index is 1.35. The summed E-state index contributed by atoms with van der Waals surface area (Å²) >= 11 is -0.508. The van der Waals surface area contributed by atoms with Crippen molar-refractivity contribution in [2.45, 2.75) is 0 Å². The van der Waals surface area contributed by atoms with E-state index in [0.29, 0.717) is 0 Å². The van der Waals surface area contributed by atoms with E-state index >= 15 is 0 Å². The molecule has 0 amide bonds. The molecule has 0 aliphatic heterocycles. The van der Waals surface area contributed by atoms with Crippen molar-refractivity contribution in [2.24, 2.45) is 0 Å². The van der Waals surface area contributed by atoms with Gasteiger partial charge in [-0.3, -0.25) is 0 Å². The number of hydrogen-bond donors (Lipinski definition) is 1. The van der Waals surface area contributed by atoms with E-state index in [0.717, 1.165) is 39.8 Å². The monoisotopic (exact) mass is 707 g/mol. The first-order valence-electron chi connectivity index (χ1n) is 15.4.